The molecule has 2 nitrogen and oxygen atoms in total. The van der Waals surface area contributed by atoms with Crippen LogP contribution in [-0.4, -0.2) is 30.7 Å². The van der Waals surface area contributed by atoms with Crippen molar-refractivity contribution in [2.24, 2.45) is 0 Å². The Kier molecular flexibility index (Phi) is 10.3. The van der Waals surface area contributed by atoms with Crippen molar-refractivity contribution in [3.63, 3.8) is 0 Å². The molecule has 17 heavy (non-hydrogen) atoms. The predicted molar refractivity (Wildman–Crippen MR) is 73.0 cm³/mol. The molecule has 1 aliphatic rings. The Labute approximate surface area is 108 Å². The van der Waals surface area contributed by atoms with Crippen LogP contribution in [0.5, 0.6) is 0 Å². The van der Waals surface area contributed by atoms with Crippen molar-refractivity contribution in [3.8, 4) is 0 Å². The van der Waals surface area contributed by atoms with Crippen LogP contribution in [0.2, 0.25) is 0 Å². The van der Waals surface area contributed by atoms with Gasteiger partial charge in [-0.1, -0.05) is 33.1 Å². The summed E-state index contributed by atoms with van der Waals surface area (Å²) in [4.78, 5) is 0. The Hall–Kier alpha value is -0.550. The number of unbranched alkanes of at least 4 members (excludes halogenated alkanes) is 4. The highest BCUT2D eigenvalue weighted by atomic mass is 15.4. The molecule has 0 spiro atoms. The van der Waals surface area contributed by atoms with Gasteiger partial charge >= 0.3 is 0 Å². The summed E-state index contributed by atoms with van der Waals surface area (Å²) in [5.41, 5.74) is 0. The average molecular weight is 238 g/mol. The maximum absolute atomic E-state index is 6.25. The van der Waals surface area contributed by atoms with E-state index in [4.69, 9.17) is 11.8 Å². The van der Waals surface area contributed by atoms with E-state index in [2.05, 4.69) is 13.8 Å². The molecule has 2 heteroatoms. The summed E-state index contributed by atoms with van der Waals surface area (Å²) >= 11 is 0. The lowest BCUT2D eigenvalue weighted by Gasteiger charge is -2.34. The fourth-order valence-corrected chi connectivity index (χ4v) is 3.09. The fraction of sp³-hybridized carbons (Fsp3) is 0.933. The molecule has 0 aromatic carbocycles. The summed E-state index contributed by atoms with van der Waals surface area (Å²) < 4.78 is 1.46. The van der Waals surface area contributed by atoms with Gasteiger partial charge in [0.2, 0.25) is 0 Å². The van der Waals surface area contributed by atoms with Crippen molar-refractivity contribution < 1.29 is 4.48 Å². The quantitative estimate of drug-likeness (QED) is 0.355. The molecule has 0 aromatic heterocycles. The largest absolute Gasteiger partial charge is 0.512 e. The van der Waals surface area contributed by atoms with Gasteiger partial charge in [-0.05, 0) is 19.3 Å². The SMILES string of the molecule is CCCCCCC[N+]1(CCC)CCCC1.[C-]#N. The Morgan fingerprint density at radius 3 is 1.94 bits per heavy atom. The molecule has 1 heterocycles. The molecule has 0 unspecified atom stereocenters. The number of hydrogen-bond acceptors (Lipinski definition) is 1. The minimum atomic E-state index is 1.37. The summed E-state index contributed by atoms with van der Waals surface area (Å²) in [7, 11) is 0. The van der Waals surface area contributed by atoms with Crippen molar-refractivity contribution in [1.29, 1.82) is 5.26 Å². The number of rotatable bonds is 8. The minimum Gasteiger partial charge on any atom is -0.512 e. The molecule has 0 aliphatic carbocycles. The lowest BCUT2D eigenvalue weighted by Crippen LogP contribution is -2.46. The van der Waals surface area contributed by atoms with Crippen molar-refractivity contribution in [2.45, 2.75) is 65.2 Å². The van der Waals surface area contributed by atoms with E-state index in [9.17, 15) is 0 Å². The van der Waals surface area contributed by atoms with Crippen molar-refractivity contribution in [3.05, 3.63) is 6.57 Å². The second-order valence-electron chi connectivity index (χ2n) is 5.36. The van der Waals surface area contributed by atoms with Crippen LogP contribution < -0.4 is 0 Å². The molecule has 100 valence electrons. The number of hydrogen-bond donors (Lipinski definition) is 0. The Morgan fingerprint density at radius 1 is 0.824 bits per heavy atom. The van der Waals surface area contributed by atoms with Crippen LogP contribution in [0.3, 0.4) is 0 Å². The Morgan fingerprint density at radius 2 is 1.41 bits per heavy atom. The van der Waals surface area contributed by atoms with Crippen LogP contribution in [0.1, 0.15) is 65.2 Å². The topological polar surface area (TPSA) is 23.8 Å². The zero-order valence-corrected chi connectivity index (χ0v) is 11.9. The van der Waals surface area contributed by atoms with Gasteiger partial charge in [0.15, 0.2) is 0 Å². The van der Waals surface area contributed by atoms with Crippen LogP contribution in [0.4, 0.5) is 0 Å². The highest BCUT2D eigenvalue weighted by Crippen LogP contribution is 2.21. The molecule has 1 rings (SSSR count). The molecular formula is C15H30N2. The normalized spacial score (nSPS) is 17.4. The van der Waals surface area contributed by atoms with Crippen LogP contribution in [-0.2, 0) is 0 Å². The predicted octanol–water partition coefficient (Wildman–Crippen LogP) is 4.07. The number of likely N-dealkylation sites (tertiary alicyclic amines) is 1. The monoisotopic (exact) mass is 238 g/mol. The first-order valence-electron chi connectivity index (χ1n) is 7.40. The van der Waals surface area contributed by atoms with Crippen LogP contribution >= 0.6 is 0 Å². The number of quaternary nitrogens is 1. The molecule has 1 saturated heterocycles. The third kappa shape index (κ3) is 6.68. The molecule has 1 fully saturated rings. The third-order valence-corrected chi connectivity index (χ3v) is 3.95. The van der Waals surface area contributed by atoms with Gasteiger partial charge in [0.05, 0.1) is 26.2 Å². The van der Waals surface area contributed by atoms with E-state index >= 15 is 0 Å². The van der Waals surface area contributed by atoms with Gasteiger partial charge in [-0.15, -0.1) is 0 Å². The van der Waals surface area contributed by atoms with Gasteiger partial charge in [0.25, 0.3) is 0 Å². The van der Waals surface area contributed by atoms with Crippen molar-refractivity contribution in [1.82, 2.24) is 0 Å². The van der Waals surface area contributed by atoms with E-state index in [0.29, 0.717) is 0 Å². The number of nitrogens with zero attached hydrogens (tertiary/aromatic N) is 2. The molecule has 0 bridgehead atoms. The second kappa shape index (κ2) is 10.6. The van der Waals surface area contributed by atoms with Gasteiger partial charge in [-0.2, -0.15) is 0 Å². The molecule has 1 aliphatic heterocycles. The molecule has 0 aromatic rings. The van der Waals surface area contributed by atoms with Gasteiger partial charge in [-0.25, -0.2) is 0 Å². The molecule has 0 amide bonds. The van der Waals surface area contributed by atoms with Crippen LogP contribution in [0.25, 0.3) is 0 Å². The van der Waals surface area contributed by atoms with Crippen molar-refractivity contribution >= 4 is 0 Å². The van der Waals surface area contributed by atoms with Gasteiger partial charge < -0.3 is 16.3 Å². The van der Waals surface area contributed by atoms with E-state index in [-0.39, 0.29) is 0 Å². The van der Waals surface area contributed by atoms with Gasteiger partial charge in [-0.3, -0.25) is 0 Å². The van der Waals surface area contributed by atoms with E-state index in [1.54, 1.807) is 0 Å². The first-order valence-corrected chi connectivity index (χ1v) is 7.40. The zero-order chi connectivity index (χ0) is 13.0. The first kappa shape index (κ1) is 16.4. The summed E-state index contributed by atoms with van der Waals surface area (Å²) in [6.45, 7) is 15.2. The Bertz CT molecular complexity index is 181. The minimum absolute atomic E-state index is 1.37. The van der Waals surface area contributed by atoms with E-state index in [1.807, 2.05) is 0 Å². The average Bonchev–Trinajstić information content (AvgIpc) is 2.81. The molecule has 0 N–H and O–H groups in total. The standard InChI is InChI=1S/C14H30N.CN/c1-3-5-6-7-8-12-15(11-4-2)13-9-10-14-15;1-2/h3-14H2,1-2H3;/q+1;-1. The summed E-state index contributed by atoms with van der Waals surface area (Å²) in [5.74, 6) is 0. The van der Waals surface area contributed by atoms with E-state index in [0.717, 1.165) is 0 Å². The maximum Gasteiger partial charge on any atom is 0.0788 e. The molecule has 0 atom stereocenters. The Balaban J connectivity index is 0.00000121. The van der Waals surface area contributed by atoms with Crippen molar-refractivity contribution in [2.75, 3.05) is 26.2 Å². The van der Waals surface area contributed by atoms with Gasteiger partial charge in [0, 0.05) is 12.8 Å². The summed E-state index contributed by atoms with van der Waals surface area (Å²) in [6.07, 6.45) is 11.5. The smallest absolute Gasteiger partial charge is 0.0788 e. The molecule has 0 saturated carbocycles. The summed E-state index contributed by atoms with van der Waals surface area (Å²) in [5, 5.41) is 6.25. The van der Waals surface area contributed by atoms with Crippen LogP contribution in [0, 0.1) is 11.8 Å². The molecular weight excluding hydrogens is 208 g/mol. The third-order valence-electron chi connectivity index (χ3n) is 3.95. The summed E-state index contributed by atoms with van der Waals surface area (Å²) in [6, 6.07) is 0. The lowest BCUT2D eigenvalue weighted by atomic mass is 10.1. The van der Waals surface area contributed by atoms with E-state index < -0.39 is 0 Å². The first-order chi connectivity index (χ1) is 8.33. The highest BCUT2D eigenvalue weighted by Gasteiger charge is 2.29. The highest BCUT2D eigenvalue weighted by molar-refractivity contribution is 4.55. The van der Waals surface area contributed by atoms with Crippen LogP contribution in [0.15, 0.2) is 0 Å². The zero-order valence-electron chi connectivity index (χ0n) is 11.9. The van der Waals surface area contributed by atoms with E-state index in [1.165, 1.54) is 82.0 Å². The lowest BCUT2D eigenvalue weighted by molar-refractivity contribution is -0.917. The fourth-order valence-electron chi connectivity index (χ4n) is 3.09. The second-order valence-corrected chi connectivity index (χ2v) is 5.36. The van der Waals surface area contributed by atoms with Gasteiger partial charge in [0.1, 0.15) is 0 Å². The molecule has 0 radical (unpaired) electrons. The maximum atomic E-state index is 6.25.